The summed E-state index contributed by atoms with van der Waals surface area (Å²) < 4.78 is 13.2. The molecule has 0 bridgehead atoms. The van der Waals surface area contributed by atoms with Gasteiger partial charge in [-0.15, -0.1) is 0 Å². The van der Waals surface area contributed by atoms with Crippen molar-refractivity contribution >= 4 is 22.6 Å². The van der Waals surface area contributed by atoms with Gasteiger partial charge in [-0.05, 0) is 47.7 Å². The lowest BCUT2D eigenvalue weighted by molar-refractivity contribution is -0.120. The Balaban J connectivity index is 1.53. The van der Waals surface area contributed by atoms with E-state index < -0.39 is 6.04 Å². The Hall–Kier alpha value is -3.77. The Morgan fingerprint density at radius 2 is 1.68 bits per heavy atom. The van der Waals surface area contributed by atoms with Crippen LogP contribution in [0.15, 0.2) is 79.0 Å². The van der Waals surface area contributed by atoms with Gasteiger partial charge >= 0.3 is 0 Å². The van der Waals surface area contributed by atoms with Gasteiger partial charge in [-0.3, -0.25) is 9.59 Å². The third kappa shape index (κ3) is 5.58. The van der Waals surface area contributed by atoms with E-state index in [9.17, 15) is 14.0 Å². The van der Waals surface area contributed by atoms with Crippen molar-refractivity contribution in [2.75, 3.05) is 13.6 Å². The van der Waals surface area contributed by atoms with E-state index in [1.54, 1.807) is 25.4 Å². The summed E-state index contributed by atoms with van der Waals surface area (Å²) in [4.78, 5) is 28.4. The fourth-order valence-corrected chi connectivity index (χ4v) is 4.09. The number of hydrogen-bond donors (Lipinski definition) is 3. The fraction of sp³-hybridized carbons (Fsp3) is 0.214. The first-order chi connectivity index (χ1) is 16.5. The molecule has 0 spiro atoms. The van der Waals surface area contributed by atoms with Gasteiger partial charge in [-0.2, -0.15) is 0 Å². The number of rotatable bonds is 10. The number of amides is 1. The molecule has 0 saturated heterocycles. The second-order valence-electron chi connectivity index (χ2n) is 8.29. The van der Waals surface area contributed by atoms with Crippen molar-refractivity contribution in [3.8, 4) is 0 Å². The number of halogens is 1. The summed E-state index contributed by atoms with van der Waals surface area (Å²) in [7, 11) is 1.63. The van der Waals surface area contributed by atoms with E-state index in [4.69, 9.17) is 0 Å². The van der Waals surface area contributed by atoms with Gasteiger partial charge in [0.2, 0.25) is 5.91 Å². The lowest BCUT2D eigenvalue weighted by atomic mass is 9.96. The molecule has 5 nitrogen and oxygen atoms in total. The van der Waals surface area contributed by atoms with Crippen LogP contribution in [-0.2, 0) is 17.6 Å². The Morgan fingerprint density at radius 1 is 0.941 bits per heavy atom. The smallest absolute Gasteiger partial charge is 0.220 e. The van der Waals surface area contributed by atoms with Gasteiger partial charge in [0.15, 0.2) is 5.78 Å². The normalized spacial score (nSPS) is 11.9. The van der Waals surface area contributed by atoms with Crippen LogP contribution in [-0.4, -0.2) is 30.3 Å². The van der Waals surface area contributed by atoms with Crippen molar-refractivity contribution in [3.63, 3.8) is 0 Å². The zero-order valence-electron chi connectivity index (χ0n) is 19.1. The Bertz CT molecular complexity index is 1270. The van der Waals surface area contributed by atoms with Crippen molar-refractivity contribution in [1.82, 2.24) is 15.6 Å². The quantitative estimate of drug-likeness (QED) is 0.301. The van der Waals surface area contributed by atoms with E-state index in [0.29, 0.717) is 31.4 Å². The summed E-state index contributed by atoms with van der Waals surface area (Å²) in [6.07, 6.45) is 3.49. The molecule has 0 radical (unpaired) electrons. The fourth-order valence-electron chi connectivity index (χ4n) is 4.09. The standard InChI is InChI=1S/C28H28FN3O2/c1-30-26(33)14-10-20-9-13-23-24(18-32-25(23)17-20)28(34)27(21-5-3-2-4-6-21)31-16-15-19-7-11-22(29)12-8-19/h2-9,11-13,17-18,27,31-32H,10,14-16H2,1H3,(H,30,33). The van der Waals surface area contributed by atoms with Gasteiger partial charge in [0.1, 0.15) is 5.82 Å². The van der Waals surface area contributed by atoms with E-state index >= 15 is 0 Å². The van der Waals surface area contributed by atoms with Crippen LogP contribution in [0.4, 0.5) is 4.39 Å². The highest BCUT2D eigenvalue weighted by molar-refractivity contribution is 6.10. The Kier molecular flexibility index (Phi) is 7.50. The molecular formula is C28H28FN3O2. The van der Waals surface area contributed by atoms with Crippen LogP contribution >= 0.6 is 0 Å². The average Bonchev–Trinajstić information content (AvgIpc) is 3.29. The highest BCUT2D eigenvalue weighted by atomic mass is 19.1. The highest BCUT2D eigenvalue weighted by Crippen LogP contribution is 2.26. The maximum atomic E-state index is 13.7. The number of H-pyrrole nitrogens is 1. The molecule has 3 N–H and O–H groups in total. The van der Waals surface area contributed by atoms with Crippen LogP contribution in [0.1, 0.15) is 39.5 Å². The van der Waals surface area contributed by atoms with Gasteiger partial charge in [0, 0.05) is 42.7 Å². The molecule has 34 heavy (non-hydrogen) atoms. The van der Waals surface area contributed by atoms with Gasteiger partial charge in [0.05, 0.1) is 6.04 Å². The number of benzene rings is 3. The number of aryl methyl sites for hydroxylation is 1. The zero-order valence-corrected chi connectivity index (χ0v) is 19.1. The molecule has 0 aliphatic heterocycles. The molecule has 1 atom stereocenters. The van der Waals surface area contributed by atoms with Crippen molar-refractivity contribution < 1.29 is 14.0 Å². The number of carbonyl (C=O) groups excluding carboxylic acids is 2. The molecule has 1 amide bonds. The summed E-state index contributed by atoms with van der Waals surface area (Å²) in [6, 6.07) is 21.5. The minimum Gasteiger partial charge on any atom is -0.360 e. The van der Waals surface area contributed by atoms with Crippen LogP contribution in [0.2, 0.25) is 0 Å². The Morgan fingerprint density at radius 3 is 2.41 bits per heavy atom. The maximum absolute atomic E-state index is 13.7. The number of hydrogen-bond acceptors (Lipinski definition) is 3. The minimum atomic E-state index is -0.506. The molecule has 0 aliphatic rings. The highest BCUT2D eigenvalue weighted by Gasteiger charge is 2.24. The maximum Gasteiger partial charge on any atom is 0.220 e. The lowest BCUT2D eigenvalue weighted by Gasteiger charge is -2.18. The Labute approximate surface area is 198 Å². The number of carbonyl (C=O) groups is 2. The molecule has 0 saturated carbocycles. The van der Waals surface area contributed by atoms with Crippen molar-refractivity contribution in [3.05, 3.63) is 107 Å². The van der Waals surface area contributed by atoms with Crippen LogP contribution in [0.5, 0.6) is 0 Å². The lowest BCUT2D eigenvalue weighted by Crippen LogP contribution is -2.30. The number of nitrogens with one attached hydrogen (secondary N) is 3. The third-order valence-corrected chi connectivity index (χ3v) is 6.00. The predicted molar refractivity (Wildman–Crippen MR) is 132 cm³/mol. The van der Waals surface area contributed by atoms with Crippen LogP contribution in [0, 0.1) is 5.82 Å². The zero-order chi connectivity index (χ0) is 23.9. The van der Waals surface area contributed by atoms with Gasteiger partial charge < -0.3 is 15.6 Å². The molecule has 0 fully saturated rings. The van der Waals surface area contributed by atoms with Gasteiger partial charge in [-0.1, -0.05) is 54.6 Å². The summed E-state index contributed by atoms with van der Waals surface area (Å²) in [5.74, 6) is -0.278. The van der Waals surface area contributed by atoms with E-state index in [2.05, 4.69) is 15.6 Å². The molecule has 1 unspecified atom stereocenters. The molecular weight excluding hydrogens is 429 g/mol. The molecule has 4 aromatic rings. The van der Waals surface area contributed by atoms with E-state index in [-0.39, 0.29) is 17.5 Å². The number of fused-ring (bicyclic) bond motifs is 1. The monoisotopic (exact) mass is 457 g/mol. The first-order valence-electron chi connectivity index (χ1n) is 11.4. The van der Waals surface area contributed by atoms with E-state index in [1.807, 2.05) is 48.5 Å². The molecule has 6 heteroatoms. The SMILES string of the molecule is CNC(=O)CCc1ccc2c(C(=O)C(NCCc3ccc(F)cc3)c3ccccc3)c[nH]c2c1. The number of ketones is 1. The second-order valence-corrected chi connectivity index (χ2v) is 8.29. The molecule has 0 aliphatic carbocycles. The minimum absolute atomic E-state index is 0.000126. The predicted octanol–water partition coefficient (Wildman–Crippen LogP) is 4.74. The van der Waals surface area contributed by atoms with E-state index in [0.717, 1.165) is 27.6 Å². The number of Topliss-reactive ketones (excluding diaryl/α,β-unsaturated/α-hetero) is 1. The molecule has 174 valence electrons. The first kappa shape index (κ1) is 23.4. The molecule has 1 heterocycles. The average molecular weight is 458 g/mol. The second kappa shape index (κ2) is 10.9. The topological polar surface area (TPSA) is 74.0 Å². The number of aromatic nitrogens is 1. The van der Waals surface area contributed by atoms with Crippen LogP contribution in [0.25, 0.3) is 10.9 Å². The van der Waals surface area contributed by atoms with Crippen molar-refractivity contribution in [2.45, 2.75) is 25.3 Å². The van der Waals surface area contributed by atoms with Gasteiger partial charge in [0.25, 0.3) is 0 Å². The summed E-state index contributed by atoms with van der Waals surface area (Å²) in [5.41, 5.74) is 4.42. The number of aromatic amines is 1. The summed E-state index contributed by atoms with van der Waals surface area (Å²) in [5, 5.41) is 6.89. The molecule has 4 rings (SSSR count). The summed E-state index contributed by atoms with van der Waals surface area (Å²) in [6.45, 7) is 0.572. The van der Waals surface area contributed by atoms with E-state index in [1.165, 1.54) is 12.1 Å². The van der Waals surface area contributed by atoms with Crippen molar-refractivity contribution in [2.24, 2.45) is 0 Å². The van der Waals surface area contributed by atoms with Crippen LogP contribution < -0.4 is 10.6 Å². The summed E-state index contributed by atoms with van der Waals surface area (Å²) >= 11 is 0. The van der Waals surface area contributed by atoms with Crippen molar-refractivity contribution in [1.29, 1.82) is 0 Å². The molecule has 1 aromatic heterocycles. The third-order valence-electron chi connectivity index (χ3n) is 6.00. The van der Waals surface area contributed by atoms with Gasteiger partial charge in [-0.25, -0.2) is 4.39 Å². The van der Waals surface area contributed by atoms with Crippen LogP contribution in [0.3, 0.4) is 0 Å². The first-order valence-corrected chi connectivity index (χ1v) is 11.4. The largest absolute Gasteiger partial charge is 0.360 e. The molecule has 3 aromatic carbocycles.